The Morgan fingerprint density at radius 3 is 2.61 bits per heavy atom. The number of hydrogen-bond acceptors (Lipinski definition) is 6. The molecule has 2 aromatic heterocycles. The molecule has 1 N–H and O–H groups in total. The zero-order valence-corrected chi connectivity index (χ0v) is 18.3. The molecule has 1 aliphatic rings. The first-order valence-electron chi connectivity index (χ1n) is 10.9. The standard InChI is InChI=1S/C24H29N5O2/c1-16(2)22-27-24(31-28-22)20-8-11-25-21(14-20)29-12-9-19(10-13-29)23(30)26-15-18-6-4-17(3)5-7-18/h4-8,11,14,16,19H,9-10,12-13,15H2,1-3H3,(H,26,30). The van der Waals surface area contributed by atoms with Crippen LogP contribution < -0.4 is 10.2 Å². The molecule has 0 spiro atoms. The molecule has 0 aliphatic carbocycles. The van der Waals surface area contributed by atoms with E-state index in [0.717, 1.165) is 42.9 Å². The molecule has 1 aromatic carbocycles. The van der Waals surface area contributed by atoms with Crippen LogP contribution in [0.4, 0.5) is 5.82 Å². The summed E-state index contributed by atoms with van der Waals surface area (Å²) in [6.07, 6.45) is 3.39. The third kappa shape index (κ3) is 5.10. The lowest BCUT2D eigenvalue weighted by molar-refractivity contribution is -0.125. The van der Waals surface area contributed by atoms with E-state index in [1.165, 1.54) is 5.56 Å². The van der Waals surface area contributed by atoms with E-state index in [1.807, 2.05) is 26.0 Å². The predicted molar refractivity (Wildman–Crippen MR) is 120 cm³/mol. The summed E-state index contributed by atoms with van der Waals surface area (Å²) in [5.74, 6) is 2.47. The fourth-order valence-electron chi connectivity index (χ4n) is 3.72. The molecule has 1 saturated heterocycles. The van der Waals surface area contributed by atoms with Gasteiger partial charge < -0.3 is 14.7 Å². The summed E-state index contributed by atoms with van der Waals surface area (Å²) >= 11 is 0. The number of carbonyl (C=O) groups excluding carboxylic acids is 1. The number of benzene rings is 1. The summed E-state index contributed by atoms with van der Waals surface area (Å²) in [5, 5.41) is 7.13. The molecule has 7 nitrogen and oxygen atoms in total. The van der Waals surface area contributed by atoms with Gasteiger partial charge in [-0.25, -0.2) is 4.98 Å². The second-order valence-electron chi connectivity index (χ2n) is 8.48. The van der Waals surface area contributed by atoms with Crippen LogP contribution in [-0.4, -0.2) is 34.1 Å². The van der Waals surface area contributed by atoms with Crippen molar-refractivity contribution < 1.29 is 9.32 Å². The summed E-state index contributed by atoms with van der Waals surface area (Å²) in [5.41, 5.74) is 3.21. The van der Waals surface area contributed by atoms with Gasteiger partial charge in [-0.15, -0.1) is 0 Å². The molecular formula is C24H29N5O2. The average molecular weight is 420 g/mol. The van der Waals surface area contributed by atoms with Gasteiger partial charge in [0, 0.05) is 43.2 Å². The topological polar surface area (TPSA) is 84.2 Å². The van der Waals surface area contributed by atoms with E-state index in [9.17, 15) is 4.79 Å². The first-order valence-corrected chi connectivity index (χ1v) is 10.9. The zero-order chi connectivity index (χ0) is 21.8. The van der Waals surface area contributed by atoms with Gasteiger partial charge in [-0.2, -0.15) is 4.98 Å². The minimum Gasteiger partial charge on any atom is -0.357 e. The maximum absolute atomic E-state index is 12.6. The quantitative estimate of drug-likeness (QED) is 0.648. The van der Waals surface area contributed by atoms with Crippen LogP contribution in [0.15, 0.2) is 47.1 Å². The Kier molecular flexibility index (Phi) is 6.30. The normalized spacial score (nSPS) is 14.8. The maximum Gasteiger partial charge on any atom is 0.258 e. The second-order valence-corrected chi connectivity index (χ2v) is 8.48. The monoisotopic (exact) mass is 419 g/mol. The Hall–Kier alpha value is -3.22. The van der Waals surface area contributed by atoms with Crippen molar-refractivity contribution >= 4 is 11.7 Å². The molecule has 3 heterocycles. The number of rotatable bonds is 6. The van der Waals surface area contributed by atoms with E-state index in [0.29, 0.717) is 18.3 Å². The molecule has 1 amide bonds. The van der Waals surface area contributed by atoms with Gasteiger partial charge in [0.15, 0.2) is 5.82 Å². The highest BCUT2D eigenvalue weighted by Crippen LogP contribution is 2.26. The molecule has 0 saturated carbocycles. The van der Waals surface area contributed by atoms with Crippen LogP contribution in [0.1, 0.15) is 49.6 Å². The Bertz CT molecular complexity index is 1020. The van der Waals surface area contributed by atoms with Gasteiger partial charge in [-0.05, 0) is 37.5 Å². The van der Waals surface area contributed by atoms with E-state index < -0.39 is 0 Å². The van der Waals surface area contributed by atoms with E-state index in [4.69, 9.17) is 4.52 Å². The van der Waals surface area contributed by atoms with Crippen LogP contribution in [0, 0.1) is 12.8 Å². The molecule has 31 heavy (non-hydrogen) atoms. The largest absolute Gasteiger partial charge is 0.357 e. The number of nitrogens with one attached hydrogen (secondary N) is 1. The summed E-state index contributed by atoms with van der Waals surface area (Å²) in [4.78, 5) is 23.8. The van der Waals surface area contributed by atoms with Crippen molar-refractivity contribution in [2.75, 3.05) is 18.0 Å². The molecule has 0 atom stereocenters. The Morgan fingerprint density at radius 1 is 1.19 bits per heavy atom. The van der Waals surface area contributed by atoms with Gasteiger partial charge in [0.25, 0.3) is 5.89 Å². The van der Waals surface area contributed by atoms with Crippen LogP contribution in [0.3, 0.4) is 0 Å². The molecular weight excluding hydrogens is 390 g/mol. The highest BCUT2D eigenvalue weighted by Gasteiger charge is 2.26. The number of piperidine rings is 1. The third-order valence-electron chi connectivity index (χ3n) is 5.73. The first kappa shape index (κ1) is 21.0. The predicted octanol–water partition coefficient (Wildman–Crippen LogP) is 4.10. The summed E-state index contributed by atoms with van der Waals surface area (Å²) in [6, 6.07) is 12.1. The number of amides is 1. The molecule has 162 valence electrons. The van der Waals surface area contributed by atoms with Crippen LogP contribution >= 0.6 is 0 Å². The number of anilines is 1. The smallest absolute Gasteiger partial charge is 0.258 e. The van der Waals surface area contributed by atoms with Crippen LogP contribution in [-0.2, 0) is 11.3 Å². The van der Waals surface area contributed by atoms with Crippen molar-refractivity contribution in [2.45, 2.75) is 46.1 Å². The number of aryl methyl sites for hydroxylation is 1. The van der Waals surface area contributed by atoms with Crippen molar-refractivity contribution in [3.63, 3.8) is 0 Å². The summed E-state index contributed by atoms with van der Waals surface area (Å²) in [7, 11) is 0. The molecule has 0 bridgehead atoms. The number of hydrogen-bond donors (Lipinski definition) is 1. The number of pyridine rings is 1. The van der Waals surface area contributed by atoms with Crippen molar-refractivity contribution in [2.24, 2.45) is 5.92 Å². The highest BCUT2D eigenvalue weighted by molar-refractivity contribution is 5.79. The Balaban J connectivity index is 1.33. The second kappa shape index (κ2) is 9.29. The van der Waals surface area contributed by atoms with Gasteiger partial charge >= 0.3 is 0 Å². The van der Waals surface area contributed by atoms with Crippen molar-refractivity contribution in [1.29, 1.82) is 0 Å². The van der Waals surface area contributed by atoms with Gasteiger partial charge in [0.2, 0.25) is 5.91 Å². The minimum atomic E-state index is 0.0365. The lowest BCUT2D eigenvalue weighted by Crippen LogP contribution is -2.40. The molecule has 3 aromatic rings. The van der Waals surface area contributed by atoms with E-state index in [2.05, 4.69) is 56.5 Å². The SMILES string of the molecule is Cc1ccc(CNC(=O)C2CCN(c3cc(-c4nc(C(C)C)no4)ccn3)CC2)cc1. The zero-order valence-electron chi connectivity index (χ0n) is 18.3. The van der Waals surface area contributed by atoms with Crippen molar-refractivity contribution in [1.82, 2.24) is 20.4 Å². The molecule has 1 fully saturated rings. The van der Waals surface area contributed by atoms with Crippen molar-refractivity contribution in [3.8, 4) is 11.5 Å². The van der Waals surface area contributed by atoms with Gasteiger partial charge in [-0.3, -0.25) is 4.79 Å². The van der Waals surface area contributed by atoms with Crippen molar-refractivity contribution in [3.05, 3.63) is 59.5 Å². The average Bonchev–Trinajstić information content (AvgIpc) is 3.30. The first-order chi connectivity index (χ1) is 15.0. The van der Waals surface area contributed by atoms with Crippen LogP contribution in [0.2, 0.25) is 0 Å². The lowest BCUT2D eigenvalue weighted by atomic mass is 9.95. The summed E-state index contributed by atoms with van der Waals surface area (Å²) < 4.78 is 5.41. The molecule has 0 unspecified atom stereocenters. The number of carbonyl (C=O) groups is 1. The fraction of sp³-hybridized carbons (Fsp3) is 0.417. The minimum absolute atomic E-state index is 0.0365. The molecule has 0 radical (unpaired) electrons. The number of nitrogens with zero attached hydrogens (tertiary/aromatic N) is 4. The van der Waals surface area contributed by atoms with E-state index >= 15 is 0 Å². The fourth-order valence-corrected chi connectivity index (χ4v) is 3.72. The van der Waals surface area contributed by atoms with Crippen LogP contribution in [0.5, 0.6) is 0 Å². The Labute approximate surface area is 182 Å². The molecule has 7 heteroatoms. The Morgan fingerprint density at radius 2 is 1.94 bits per heavy atom. The summed E-state index contributed by atoms with van der Waals surface area (Å²) in [6.45, 7) is 8.29. The van der Waals surface area contributed by atoms with E-state index in [-0.39, 0.29) is 17.7 Å². The van der Waals surface area contributed by atoms with Gasteiger partial charge in [-0.1, -0.05) is 48.8 Å². The highest BCUT2D eigenvalue weighted by atomic mass is 16.5. The van der Waals surface area contributed by atoms with Crippen LogP contribution in [0.25, 0.3) is 11.5 Å². The molecule has 4 rings (SSSR count). The maximum atomic E-state index is 12.6. The van der Waals surface area contributed by atoms with Gasteiger partial charge in [0.05, 0.1) is 0 Å². The lowest BCUT2D eigenvalue weighted by Gasteiger charge is -2.32. The van der Waals surface area contributed by atoms with Gasteiger partial charge in [0.1, 0.15) is 5.82 Å². The third-order valence-corrected chi connectivity index (χ3v) is 5.73. The molecule has 1 aliphatic heterocycles. The number of aromatic nitrogens is 3. The van der Waals surface area contributed by atoms with E-state index in [1.54, 1.807) is 6.20 Å².